The normalized spacial score (nSPS) is 14.2. The fourth-order valence-electron chi connectivity index (χ4n) is 3.64. The Kier molecular flexibility index (Phi) is 7.81. The molecule has 7 nitrogen and oxygen atoms in total. The van der Waals surface area contributed by atoms with Gasteiger partial charge in [0.2, 0.25) is 11.8 Å². The van der Waals surface area contributed by atoms with Gasteiger partial charge in [-0.2, -0.15) is 0 Å². The Bertz CT molecular complexity index is 957. The smallest absolute Gasteiger partial charge is 0.319 e. The predicted octanol–water partition coefficient (Wildman–Crippen LogP) is 3.78. The third kappa shape index (κ3) is 6.54. The minimum Gasteiger partial charge on any atom is -0.342 e. The van der Waals surface area contributed by atoms with E-state index in [0.717, 1.165) is 5.56 Å². The molecule has 0 spiro atoms. The summed E-state index contributed by atoms with van der Waals surface area (Å²) in [6, 6.07) is 12.7. The Balaban J connectivity index is 1.51. The van der Waals surface area contributed by atoms with Crippen LogP contribution in [0, 0.1) is 11.7 Å². The SMILES string of the molecule is CC(C)C(=O)N1CCC(NC(=O)Nc2ccc(F)c(NC(=O)Cc3ccccc3)c2)CC1. The molecule has 1 aliphatic rings. The number of piperidine rings is 1. The summed E-state index contributed by atoms with van der Waals surface area (Å²) in [6.45, 7) is 4.97. The van der Waals surface area contributed by atoms with Crippen molar-refractivity contribution in [2.75, 3.05) is 23.7 Å². The third-order valence-corrected chi connectivity index (χ3v) is 5.34. The first-order valence-electron chi connectivity index (χ1n) is 10.8. The number of benzene rings is 2. The van der Waals surface area contributed by atoms with Crippen molar-refractivity contribution in [2.45, 2.75) is 39.2 Å². The van der Waals surface area contributed by atoms with E-state index in [1.165, 1.54) is 18.2 Å². The van der Waals surface area contributed by atoms with Crippen LogP contribution in [0.1, 0.15) is 32.3 Å². The van der Waals surface area contributed by atoms with Crippen LogP contribution in [-0.4, -0.2) is 41.9 Å². The molecule has 2 aromatic rings. The van der Waals surface area contributed by atoms with Gasteiger partial charge in [0.15, 0.2) is 0 Å². The summed E-state index contributed by atoms with van der Waals surface area (Å²) < 4.78 is 14.2. The van der Waals surface area contributed by atoms with E-state index in [1.54, 1.807) is 0 Å². The first kappa shape index (κ1) is 23.2. The van der Waals surface area contributed by atoms with Crippen LogP contribution in [0.25, 0.3) is 0 Å². The Morgan fingerprint density at radius 1 is 1.03 bits per heavy atom. The molecular formula is C24H29FN4O3. The van der Waals surface area contributed by atoms with Crippen molar-refractivity contribution in [3.63, 3.8) is 0 Å². The van der Waals surface area contributed by atoms with Crippen LogP contribution in [0.3, 0.4) is 0 Å². The molecule has 32 heavy (non-hydrogen) atoms. The van der Waals surface area contributed by atoms with Gasteiger partial charge in [-0.15, -0.1) is 0 Å². The molecule has 0 aliphatic carbocycles. The molecule has 1 heterocycles. The van der Waals surface area contributed by atoms with Gasteiger partial charge < -0.3 is 20.9 Å². The number of carbonyl (C=O) groups excluding carboxylic acids is 3. The van der Waals surface area contributed by atoms with Gasteiger partial charge in [-0.25, -0.2) is 9.18 Å². The molecule has 1 aliphatic heterocycles. The van der Waals surface area contributed by atoms with Gasteiger partial charge >= 0.3 is 6.03 Å². The number of nitrogens with one attached hydrogen (secondary N) is 3. The number of halogens is 1. The lowest BCUT2D eigenvalue weighted by Crippen LogP contribution is -2.48. The zero-order valence-electron chi connectivity index (χ0n) is 18.4. The fourth-order valence-corrected chi connectivity index (χ4v) is 3.64. The number of rotatable bonds is 6. The lowest BCUT2D eigenvalue weighted by Gasteiger charge is -2.33. The molecule has 170 valence electrons. The number of nitrogens with zero attached hydrogens (tertiary/aromatic N) is 1. The molecule has 2 aromatic carbocycles. The van der Waals surface area contributed by atoms with Gasteiger partial charge in [-0.3, -0.25) is 9.59 Å². The highest BCUT2D eigenvalue weighted by atomic mass is 19.1. The molecule has 0 aromatic heterocycles. The number of hydrogen-bond donors (Lipinski definition) is 3. The Labute approximate surface area is 187 Å². The molecule has 1 fully saturated rings. The second-order valence-electron chi connectivity index (χ2n) is 8.26. The third-order valence-electron chi connectivity index (χ3n) is 5.34. The van der Waals surface area contributed by atoms with Gasteiger partial charge in [-0.1, -0.05) is 44.2 Å². The summed E-state index contributed by atoms with van der Waals surface area (Å²) in [4.78, 5) is 38.5. The van der Waals surface area contributed by atoms with Crippen molar-refractivity contribution in [1.29, 1.82) is 0 Å². The van der Waals surface area contributed by atoms with Crippen molar-refractivity contribution < 1.29 is 18.8 Å². The van der Waals surface area contributed by atoms with E-state index < -0.39 is 11.8 Å². The van der Waals surface area contributed by atoms with E-state index in [4.69, 9.17) is 0 Å². The van der Waals surface area contributed by atoms with Crippen molar-refractivity contribution >= 4 is 29.2 Å². The van der Waals surface area contributed by atoms with Crippen molar-refractivity contribution in [2.24, 2.45) is 5.92 Å². The standard InChI is InChI=1S/C24H29FN4O3/c1-16(2)23(31)29-12-10-18(11-13-29)26-24(32)27-19-8-9-20(25)21(15-19)28-22(30)14-17-6-4-3-5-7-17/h3-9,15-16,18H,10-14H2,1-2H3,(H,28,30)(H2,26,27,32). The quantitative estimate of drug-likeness (QED) is 0.639. The van der Waals surface area contributed by atoms with Gasteiger partial charge in [0.25, 0.3) is 0 Å². The largest absolute Gasteiger partial charge is 0.342 e. The molecule has 8 heteroatoms. The summed E-state index contributed by atoms with van der Waals surface area (Å²) in [6.07, 6.45) is 1.47. The molecule has 0 saturated carbocycles. The average molecular weight is 441 g/mol. The molecule has 3 rings (SSSR count). The second kappa shape index (κ2) is 10.7. The van der Waals surface area contributed by atoms with E-state index in [9.17, 15) is 18.8 Å². The summed E-state index contributed by atoms with van der Waals surface area (Å²) in [7, 11) is 0. The minimum atomic E-state index is -0.584. The van der Waals surface area contributed by atoms with E-state index in [-0.39, 0.29) is 35.9 Å². The van der Waals surface area contributed by atoms with Crippen LogP contribution in [0.4, 0.5) is 20.6 Å². The zero-order valence-corrected chi connectivity index (χ0v) is 18.4. The minimum absolute atomic E-state index is 0.00392. The van der Waals surface area contributed by atoms with Crippen molar-refractivity contribution in [3.05, 3.63) is 59.9 Å². The van der Waals surface area contributed by atoms with E-state index >= 15 is 0 Å². The summed E-state index contributed by atoms with van der Waals surface area (Å²) in [5.74, 6) is -0.844. The van der Waals surface area contributed by atoms with E-state index in [1.807, 2.05) is 49.1 Å². The molecule has 0 bridgehead atoms. The Morgan fingerprint density at radius 2 is 1.72 bits per heavy atom. The molecule has 4 amide bonds. The second-order valence-corrected chi connectivity index (χ2v) is 8.26. The van der Waals surface area contributed by atoms with Crippen LogP contribution >= 0.6 is 0 Å². The number of hydrogen-bond acceptors (Lipinski definition) is 3. The number of carbonyl (C=O) groups is 3. The topological polar surface area (TPSA) is 90.5 Å². The van der Waals surface area contributed by atoms with Gasteiger partial charge in [0.05, 0.1) is 12.1 Å². The summed E-state index contributed by atoms with van der Waals surface area (Å²) in [5, 5.41) is 8.13. The number of amides is 4. The lowest BCUT2D eigenvalue weighted by atomic mass is 10.0. The van der Waals surface area contributed by atoms with E-state index in [2.05, 4.69) is 16.0 Å². The molecule has 0 unspecified atom stereocenters. The zero-order chi connectivity index (χ0) is 23.1. The highest BCUT2D eigenvalue weighted by Gasteiger charge is 2.25. The molecule has 1 saturated heterocycles. The Morgan fingerprint density at radius 3 is 2.38 bits per heavy atom. The first-order chi connectivity index (χ1) is 15.3. The summed E-state index contributed by atoms with van der Waals surface area (Å²) >= 11 is 0. The van der Waals surface area contributed by atoms with Crippen LogP contribution in [0.2, 0.25) is 0 Å². The van der Waals surface area contributed by atoms with Crippen molar-refractivity contribution in [3.8, 4) is 0 Å². The molecular weight excluding hydrogens is 411 g/mol. The maximum atomic E-state index is 14.2. The lowest BCUT2D eigenvalue weighted by molar-refractivity contribution is -0.135. The fraction of sp³-hybridized carbons (Fsp3) is 0.375. The maximum Gasteiger partial charge on any atom is 0.319 e. The highest BCUT2D eigenvalue weighted by molar-refractivity contribution is 5.94. The highest BCUT2D eigenvalue weighted by Crippen LogP contribution is 2.20. The monoisotopic (exact) mass is 440 g/mol. The van der Waals surface area contributed by atoms with Gasteiger partial charge in [0.1, 0.15) is 5.82 Å². The predicted molar refractivity (Wildman–Crippen MR) is 122 cm³/mol. The van der Waals surface area contributed by atoms with Crippen LogP contribution in [-0.2, 0) is 16.0 Å². The molecule has 3 N–H and O–H groups in total. The number of urea groups is 1. The van der Waals surface area contributed by atoms with Gasteiger partial charge in [0, 0.05) is 30.7 Å². The molecule has 0 atom stereocenters. The number of likely N-dealkylation sites (tertiary alicyclic amines) is 1. The van der Waals surface area contributed by atoms with Crippen LogP contribution in [0.5, 0.6) is 0 Å². The number of anilines is 2. The average Bonchev–Trinajstić information content (AvgIpc) is 2.76. The van der Waals surface area contributed by atoms with Crippen LogP contribution < -0.4 is 16.0 Å². The molecule has 0 radical (unpaired) electrons. The first-order valence-corrected chi connectivity index (χ1v) is 10.8. The van der Waals surface area contributed by atoms with Gasteiger partial charge in [-0.05, 0) is 36.6 Å². The summed E-state index contributed by atoms with van der Waals surface area (Å²) in [5.41, 5.74) is 1.19. The van der Waals surface area contributed by atoms with Crippen LogP contribution in [0.15, 0.2) is 48.5 Å². The van der Waals surface area contributed by atoms with Crippen molar-refractivity contribution in [1.82, 2.24) is 10.2 Å². The maximum absolute atomic E-state index is 14.2. The Hall–Kier alpha value is -3.42. The van der Waals surface area contributed by atoms with E-state index in [0.29, 0.717) is 31.6 Å².